The van der Waals surface area contributed by atoms with E-state index in [0.717, 1.165) is 11.3 Å². The van der Waals surface area contributed by atoms with Crippen LogP contribution in [-0.4, -0.2) is 4.98 Å². The van der Waals surface area contributed by atoms with E-state index in [9.17, 15) is 4.39 Å². The van der Waals surface area contributed by atoms with Crippen LogP contribution in [0.2, 0.25) is 0 Å². The number of hydrogen-bond donors (Lipinski definition) is 0. The number of benzene rings is 1. The third-order valence-corrected chi connectivity index (χ3v) is 3.42. The third-order valence-electron chi connectivity index (χ3n) is 2.60. The van der Waals surface area contributed by atoms with E-state index in [1.54, 1.807) is 12.3 Å². The lowest BCUT2D eigenvalue weighted by Gasteiger charge is -2.11. The molecule has 0 saturated heterocycles. The number of pyridine rings is 1. The summed E-state index contributed by atoms with van der Waals surface area (Å²) in [5.74, 6) is -0.173. The van der Waals surface area contributed by atoms with E-state index in [4.69, 9.17) is 0 Å². The topological polar surface area (TPSA) is 12.9 Å². The van der Waals surface area contributed by atoms with Crippen molar-refractivity contribution in [3.63, 3.8) is 0 Å². The van der Waals surface area contributed by atoms with Gasteiger partial charge < -0.3 is 0 Å². The zero-order chi connectivity index (χ0) is 12.3. The van der Waals surface area contributed by atoms with Crippen molar-refractivity contribution in [3.05, 3.63) is 65.2 Å². The van der Waals surface area contributed by atoms with Gasteiger partial charge >= 0.3 is 0 Å². The second kappa shape index (κ2) is 5.41. The Hall–Kier alpha value is -1.22. The largest absolute Gasteiger partial charge is 0.261 e. The first-order chi connectivity index (χ1) is 8.16. The molecule has 2 aromatic rings. The molecule has 17 heavy (non-hydrogen) atoms. The van der Waals surface area contributed by atoms with Crippen LogP contribution in [0.3, 0.4) is 0 Å². The van der Waals surface area contributed by atoms with E-state index in [2.05, 4.69) is 20.9 Å². The van der Waals surface area contributed by atoms with E-state index >= 15 is 0 Å². The van der Waals surface area contributed by atoms with Gasteiger partial charge in [-0.15, -0.1) is 0 Å². The average molecular weight is 294 g/mol. The van der Waals surface area contributed by atoms with Crippen LogP contribution in [0.5, 0.6) is 0 Å². The normalized spacial score (nSPS) is 12.4. The van der Waals surface area contributed by atoms with Crippen LogP contribution >= 0.6 is 15.9 Å². The molecule has 0 fully saturated rings. The van der Waals surface area contributed by atoms with Gasteiger partial charge in [0.1, 0.15) is 5.82 Å². The molecule has 0 aliphatic carbocycles. The minimum absolute atomic E-state index is 0.0442. The molecule has 0 spiro atoms. The summed E-state index contributed by atoms with van der Waals surface area (Å²) in [6, 6.07) is 10.9. The van der Waals surface area contributed by atoms with Crippen LogP contribution in [0.4, 0.5) is 4.39 Å². The van der Waals surface area contributed by atoms with Gasteiger partial charge in [0.2, 0.25) is 0 Å². The molecule has 1 atom stereocenters. The number of halogens is 2. The molecule has 1 aromatic carbocycles. The van der Waals surface area contributed by atoms with Crippen molar-refractivity contribution in [1.82, 2.24) is 4.98 Å². The zero-order valence-corrected chi connectivity index (χ0v) is 11.1. The molecule has 0 bridgehead atoms. The summed E-state index contributed by atoms with van der Waals surface area (Å²) in [4.78, 5) is 4.20. The highest BCUT2D eigenvalue weighted by atomic mass is 79.9. The summed E-state index contributed by atoms with van der Waals surface area (Å²) in [6.07, 6.45) is 2.43. The predicted molar refractivity (Wildman–Crippen MR) is 70.7 cm³/mol. The van der Waals surface area contributed by atoms with Crippen LogP contribution in [0, 0.1) is 12.7 Å². The van der Waals surface area contributed by atoms with Gasteiger partial charge in [0.25, 0.3) is 0 Å². The molecule has 0 aliphatic heterocycles. The highest BCUT2D eigenvalue weighted by molar-refractivity contribution is 9.09. The fourth-order valence-electron chi connectivity index (χ4n) is 1.72. The van der Waals surface area contributed by atoms with Gasteiger partial charge in [-0.1, -0.05) is 39.7 Å². The molecule has 3 heteroatoms. The van der Waals surface area contributed by atoms with Gasteiger partial charge in [-0.2, -0.15) is 0 Å². The summed E-state index contributed by atoms with van der Waals surface area (Å²) in [7, 11) is 0. The highest BCUT2D eigenvalue weighted by Gasteiger charge is 2.13. The zero-order valence-electron chi connectivity index (χ0n) is 9.53. The number of nitrogens with zero attached hydrogens (tertiary/aromatic N) is 1. The lowest BCUT2D eigenvalue weighted by atomic mass is 10.0. The van der Waals surface area contributed by atoms with Crippen molar-refractivity contribution in [2.45, 2.75) is 18.2 Å². The fraction of sp³-hybridized carbons (Fsp3) is 0.214. The Morgan fingerprint density at radius 3 is 2.82 bits per heavy atom. The molecule has 1 heterocycles. The molecule has 0 amide bonds. The highest BCUT2D eigenvalue weighted by Crippen LogP contribution is 2.29. The number of aryl methyl sites for hydroxylation is 1. The van der Waals surface area contributed by atoms with E-state index in [1.807, 2.05) is 31.2 Å². The Bertz CT molecular complexity index is 499. The van der Waals surface area contributed by atoms with Crippen LogP contribution in [0.1, 0.15) is 21.6 Å². The molecule has 1 aromatic heterocycles. The molecule has 0 radical (unpaired) electrons. The number of hydrogen-bond acceptors (Lipinski definition) is 1. The van der Waals surface area contributed by atoms with Crippen LogP contribution in [0.25, 0.3) is 0 Å². The van der Waals surface area contributed by atoms with E-state index in [1.165, 1.54) is 6.07 Å². The molecule has 0 aliphatic rings. The Morgan fingerprint density at radius 2 is 2.12 bits per heavy atom. The van der Waals surface area contributed by atoms with E-state index < -0.39 is 0 Å². The summed E-state index contributed by atoms with van der Waals surface area (Å²) in [5, 5.41) is 0. The van der Waals surface area contributed by atoms with Crippen LogP contribution < -0.4 is 0 Å². The van der Waals surface area contributed by atoms with Gasteiger partial charge in [-0.25, -0.2) is 4.39 Å². The Kier molecular flexibility index (Phi) is 3.89. The number of rotatable bonds is 3. The van der Waals surface area contributed by atoms with Crippen LogP contribution in [-0.2, 0) is 6.42 Å². The fourth-order valence-corrected chi connectivity index (χ4v) is 2.40. The standard InChI is InChI=1S/C14H13BrFN/c1-10-5-6-14(16)12(8-10)13(15)9-11-4-2-3-7-17-11/h2-8,13H,9H2,1H3. The Morgan fingerprint density at radius 1 is 1.29 bits per heavy atom. The number of alkyl halides is 1. The number of aromatic nitrogens is 1. The molecule has 1 nitrogen and oxygen atoms in total. The first-order valence-corrected chi connectivity index (χ1v) is 6.38. The van der Waals surface area contributed by atoms with Crippen molar-refractivity contribution in [2.75, 3.05) is 0 Å². The summed E-state index contributed by atoms with van der Waals surface area (Å²) in [6.45, 7) is 1.96. The maximum Gasteiger partial charge on any atom is 0.127 e. The van der Waals surface area contributed by atoms with E-state index in [-0.39, 0.29) is 10.6 Å². The molecule has 1 unspecified atom stereocenters. The lowest BCUT2D eigenvalue weighted by molar-refractivity contribution is 0.606. The Balaban J connectivity index is 2.20. The lowest BCUT2D eigenvalue weighted by Crippen LogP contribution is -2.00. The summed E-state index contributed by atoms with van der Waals surface area (Å²) in [5.41, 5.74) is 2.71. The molecule has 88 valence electrons. The average Bonchev–Trinajstić information content (AvgIpc) is 2.33. The SMILES string of the molecule is Cc1ccc(F)c(C(Br)Cc2ccccn2)c1. The third kappa shape index (κ3) is 3.13. The minimum Gasteiger partial charge on any atom is -0.261 e. The summed E-state index contributed by atoms with van der Waals surface area (Å²) >= 11 is 3.53. The molecule has 0 N–H and O–H groups in total. The molecule has 0 saturated carbocycles. The maximum absolute atomic E-state index is 13.7. The molecular weight excluding hydrogens is 281 g/mol. The van der Waals surface area contributed by atoms with Gasteiger partial charge in [-0.3, -0.25) is 4.98 Å². The Labute approximate surface area is 109 Å². The monoisotopic (exact) mass is 293 g/mol. The second-order valence-electron chi connectivity index (χ2n) is 4.02. The first kappa shape index (κ1) is 12.2. The van der Waals surface area contributed by atoms with Gasteiger partial charge in [0.05, 0.1) is 0 Å². The van der Waals surface area contributed by atoms with Gasteiger partial charge in [0, 0.05) is 28.7 Å². The first-order valence-electron chi connectivity index (χ1n) is 5.47. The second-order valence-corrected chi connectivity index (χ2v) is 5.12. The van der Waals surface area contributed by atoms with Gasteiger partial charge in [0.15, 0.2) is 0 Å². The maximum atomic E-state index is 13.7. The molecule has 2 rings (SSSR count). The van der Waals surface area contributed by atoms with Crippen molar-refractivity contribution in [2.24, 2.45) is 0 Å². The predicted octanol–water partition coefficient (Wildman–Crippen LogP) is 4.21. The van der Waals surface area contributed by atoms with E-state index in [0.29, 0.717) is 12.0 Å². The molecular formula is C14H13BrFN. The smallest absolute Gasteiger partial charge is 0.127 e. The van der Waals surface area contributed by atoms with Gasteiger partial charge in [-0.05, 0) is 25.1 Å². The van der Waals surface area contributed by atoms with Crippen LogP contribution in [0.15, 0.2) is 42.6 Å². The van der Waals surface area contributed by atoms with Crippen molar-refractivity contribution < 1.29 is 4.39 Å². The summed E-state index contributed by atoms with van der Waals surface area (Å²) < 4.78 is 13.7. The van der Waals surface area contributed by atoms with Crippen molar-refractivity contribution >= 4 is 15.9 Å². The van der Waals surface area contributed by atoms with Crippen molar-refractivity contribution in [1.29, 1.82) is 0 Å². The minimum atomic E-state index is -0.173. The quantitative estimate of drug-likeness (QED) is 0.773. The van der Waals surface area contributed by atoms with Crippen molar-refractivity contribution in [3.8, 4) is 0 Å².